The third-order valence-electron chi connectivity index (χ3n) is 4.71. The molecule has 1 saturated carbocycles. The average molecular weight is 413 g/mol. The Bertz CT molecular complexity index is 548. The minimum Gasteiger partial charge on any atom is -0.486 e. The molecule has 2 aliphatic rings. The van der Waals surface area contributed by atoms with Crippen molar-refractivity contribution in [2.45, 2.75) is 50.5 Å². The predicted molar refractivity (Wildman–Crippen MR) is 96.2 cm³/mol. The van der Waals surface area contributed by atoms with E-state index in [0.717, 1.165) is 30.9 Å². The van der Waals surface area contributed by atoms with Crippen LogP contribution in [0.25, 0.3) is 0 Å². The van der Waals surface area contributed by atoms with Crippen molar-refractivity contribution in [2.24, 2.45) is 0 Å². The summed E-state index contributed by atoms with van der Waals surface area (Å²) in [5.74, 6) is 2.07. The second kappa shape index (κ2) is 7.11. The second-order valence-electron chi connectivity index (χ2n) is 6.34. The largest absolute Gasteiger partial charge is 0.486 e. The number of hydrogen-bond donors (Lipinski definition) is 0. The number of halogens is 1. The van der Waals surface area contributed by atoms with Crippen molar-refractivity contribution < 1.29 is 12.6 Å². The van der Waals surface area contributed by atoms with Gasteiger partial charge in [0.25, 0.3) is 0 Å². The van der Waals surface area contributed by atoms with Gasteiger partial charge in [-0.2, -0.15) is 0 Å². The lowest BCUT2D eigenvalue weighted by atomic mass is 9.96. The number of ether oxygens (including phenoxy) is 1. The first kappa shape index (κ1) is 16.0. The summed E-state index contributed by atoms with van der Waals surface area (Å²) in [6, 6.07) is 6.08. The number of benzene rings is 1. The Morgan fingerprint density at radius 3 is 2.59 bits per heavy atom. The summed E-state index contributed by atoms with van der Waals surface area (Å²) in [6.45, 7) is 0.784. The first-order valence-electron chi connectivity index (χ1n) is 8.00. The van der Waals surface area contributed by atoms with Crippen molar-refractivity contribution >= 4 is 36.9 Å². The summed E-state index contributed by atoms with van der Waals surface area (Å²) in [5.41, 5.74) is 1.17. The van der Waals surface area contributed by atoms with Crippen molar-refractivity contribution in [3.8, 4) is 11.5 Å². The fraction of sp³-hybridized carbons (Fsp3) is 0.562. The van der Waals surface area contributed by atoms with Gasteiger partial charge in [-0.3, -0.25) is 4.79 Å². The molecule has 4 nitrogen and oxygen atoms in total. The van der Waals surface area contributed by atoms with Gasteiger partial charge in [0, 0.05) is 18.9 Å². The Kier molecular flexibility index (Phi) is 5.16. The van der Waals surface area contributed by atoms with Crippen molar-refractivity contribution in [1.82, 2.24) is 4.81 Å². The zero-order valence-corrected chi connectivity index (χ0v) is 15.0. The van der Waals surface area contributed by atoms with Gasteiger partial charge in [-0.25, -0.2) is 0 Å². The molecule has 1 amide bonds. The van der Waals surface area contributed by atoms with Gasteiger partial charge >= 0.3 is 0 Å². The topological polar surface area (TPSA) is 38.8 Å². The van der Waals surface area contributed by atoms with Crippen molar-refractivity contribution in [1.29, 1.82) is 0 Å². The van der Waals surface area contributed by atoms with Crippen LogP contribution in [0.3, 0.4) is 0 Å². The lowest BCUT2D eigenvalue weighted by Gasteiger charge is -2.24. The lowest BCUT2D eigenvalue weighted by Crippen LogP contribution is -2.21. The molecule has 1 saturated heterocycles. The van der Waals surface area contributed by atoms with E-state index in [-0.39, 0.29) is 11.8 Å². The molecule has 1 aromatic carbocycles. The van der Waals surface area contributed by atoms with Crippen LogP contribution in [0, 0.1) is 0 Å². The molecule has 0 bridgehead atoms. The highest BCUT2D eigenvalue weighted by molar-refractivity contribution is 14.1. The van der Waals surface area contributed by atoms with E-state index in [1.54, 1.807) is 4.81 Å². The fourth-order valence-electron chi connectivity index (χ4n) is 3.38. The van der Waals surface area contributed by atoms with Crippen molar-refractivity contribution in [2.75, 3.05) is 6.54 Å². The van der Waals surface area contributed by atoms with E-state index in [4.69, 9.17) is 7.80 Å². The van der Waals surface area contributed by atoms with Crippen LogP contribution in [-0.4, -0.2) is 31.3 Å². The quantitative estimate of drug-likeness (QED) is 0.563. The van der Waals surface area contributed by atoms with Gasteiger partial charge in [-0.1, -0.05) is 12.5 Å². The molecule has 1 heterocycles. The average Bonchev–Trinajstić information content (AvgIpc) is 2.88. The summed E-state index contributed by atoms with van der Waals surface area (Å²) < 4.78 is 11.6. The Morgan fingerprint density at radius 1 is 1.18 bits per heavy atom. The molecule has 22 heavy (non-hydrogen) atoms. The van der Waals surface area contributed by atoms with E-state index in [0.29, 0.717) is 12.5 Å². The zero-order valence-electron chi connectivity index (χ0n) is 12.9. The molecule has 1 atom stereocenters. The van der Waals surface area contributed by atoms with E-state index < -0.39 is 0 Å². The molecule has 1 aromatic rings. The molecule has 1 aliphatic carbocycles. The SMILES string of the molecule is BN1CC(c2ccc(OI)c(OC3CCCCC3)c2)CC1=O. The molecule has 0 radical (unpaired) electrons. The minimum absolute atomic E-state index is 0.217. The highest BCUT2D eigenvalue weighted by atomic mass is 127. The van der Waals surface area contributed by atoms with Crippen LogP contribution in [-0.2, 0) is 4.79 Å². The van der Waals surface area contributed by atoms with Crippen LogP contribution in [0.4, 0.5) is 0 Å². The number of carbonyl (C=O) groups excluding carboxylic acids is 1. The van der Waals surface area contributed by atoms with E-state index in [2.05, 4.69) is 12.1 Å². The van der Waals surface area contributed by atoms with E-state index in [1.165, 1.54) is 24.8 Å². The van der Waals surface area contributed by atoms with Gasteiger partial charge in [0.2, 0.25) is 13.9 Å². The van der Waals surface area contributed by atoms with Crippen LogP contribution in [0.15, 0.2) is 18.2 Å². The summed E-state index contributed by atoms with van der Waals surface area (Å²) >= 11 is 1.90. The molecule has 3 rings (SSSR count). The maximum absolute atomic E-state index is 11.8. The van der Waals surface area contributed by atoms with Gasteiger partial charge in [-0.15, -0.1) is 0 Å². The van der Waals surface area contributed by atoms with Gasteiger partial charge in [-0.05, 0) is 43.4 Å². The molecule has 0 N–H and O–H groups in total. The normalized spacial score (nSPS) is 22.9. The van der Waals surface area contributed by atoms with Crippen LogP contribution >= 0.6 is 23.0 Å². The smallest absolute Gasteiger partial charge is 0.221 e. The summed E-state index contributed by atoms with van der Waals surface area (Å²) in [5, 5.41) is 0. The summed E-state index contributed by atoms with van der Waals surface area (Å²) in [4.78, 5) is 13.6. The van der Waals surface area contributed by atoms with Crippen molar-refractivity contribution in [3.05, 3.63) is 23.8 Å². The molecule has 2 fully saturated rings. The molecular formula is C16H21BINO3. The maximum atomic E-state index is 11.8. The molecule has 0 aromatic heterocycles. The highest BCUT2D eigenvalue weighted by Crippen LogP contribution is 2.37. The molecule has 6 heteroatoms. The van der Waals surface area contributed by atoms with Gasteiger partial charge in [0.05, 0.1) is 6.10 Å². The molecule has 118 valence electrons. The number of rotatable bonds is 4. The standard InChI is InChI=1S/C16H21BINO3/c17-19-10-12(9-16(19)20)11-6-7-14(22-18)15(8-11)21-13-4-2-1-3-5-13/h6-8,12-13H,1-5,9-10,17H2. The Hall–Kier alpha value is -0.915. The minimum atomic E-state index is 0.217. The predicted octanol–water partition coefficient (Wildman–Crippen LogP) is 2.99. The first-order valence-corrected chi connectivity index (χ1v) is 8.88. The third kappa shape index (κ3) is 3.52. The number of nitrogens with zero attached hydrogens (tertiary/aromatic N) is 1. The third-order valence-corrected chi connectivity index (χ3v) is 5.18. The second-order valence-corrected chi connectivity index (χ2v) is 6.78. The van der Waals surface area contributed by atoms with Crippen LogP contribution in [0.1, 0.15) is 50.0 Å². The van der Waals surface area contributed by atoms with Gasteiger partial charge in [0.1, 0.15) is 0 Å². The lowest BCUT2D eigenvalue weighted by molar-refractivity contribution is -0.123. The monoisotopic (exact) mass is 413 g/mol. The van der Waals surface area contributed by atoms with Gasteiger partial charge in [0.15, 0.2) is 34.5 Å². The molecule has 1 aliphatic heterocycles. The van der Waals surface area contributed by atoms with E-state index in [9.17, 15) is 4.79 Å². The van der Waals surface area contributed by atoms with E-state index in [1.807, 2.05) is 37.1 Å². The zero-order chi connectivity index (χ0) is 15.5. The number of amides is 1. The summed E-state index contributed by atoms with van der Waals surface area (Å²) in [6.07, 6.45) is 6.92. The Labute approximate surface area is 146 Å². The highest BCUT2D eigenvalue weighted by Gasteiger charge is 2.28. The van der Waals surface area contributed by atoms with E-state index >= 15 is 0 Å². The molecular weight excluding hydrogens is 392 g/mol. The number of carbonyl (C=O) groups is 1. The Balaban J connectivity index is 1.78. The summed E-state index contributed by atoms with van der Waals surface area (Å²) in [7, 11) is 1.87. The van der Waals surface area contributed by atoms with Crippen molar-refractivity contribution in [3.63, 3.8) is 0 Å². The maximum Gasteiger partial charge on any atom is 0.221 e. The van der Waals surface area contributed by atoms with Crippen LogP contribution in [0.2, 0.25) is 0 Å². The molecule has 0 spiro atoms. The van der Waals surface area contributed by atoms with Crippen LogP contribution in [0.5, 0.6) is 11.5 Å². The van der Waals surface area contributed by atoms with Crippen LogP contribution < -0.4 is 7.80 Å². The Morgan fingerprint density at radius 2 is 1.95 bits per heavy atom. The number of hydrogen-bond acceptors (Lipinski definition) is 3. The first-order chi connectivity index (χ1) is 10.7. The fourth-order valence-corrected chi connectivity index (χ4v) is 3.75. The molecule has 1 unspecified atom stereocenters. The van der Waals surface area contributed by atoms with Gasteiger partial charge < -0.3 is 12.6 Å².